The van der Waals surface area contributed by atoms with Gasteiger partial charge in [-0.3, -0.25) is 9.59 Å². The van der Waals surface area contributed by atoms with E-state index in [2.05, 4.69) is 5.32 Å². The van der Waals surface area contributed by atoms with Crippen LogP contribution >= 0.6 is 0 Å². The summed E-state index contributed by atoms with van der Waals surface area (Å²) in [5.74, 6) is -0.651. The zero-order chi connectivity index (χ0) is 15.8. The van der Waals surface area contributed by atoms with Crippen LogP contribution in [0.1, 0.15) is 51.6 Å². The van der Waals surface area contributed by atoms with Gasteiger partial charge in [0.15, 0.2) is 0 Å². The standard InChI is InChI=1S/C17H25NO3/c1-12(2)9-14(11-17(20)21)10-16(19)18-13(3)15-7-5-4-6-8-15/h4-8,12-14H,9-11H2,1-3H3,(H,18,19)(H,20,21)/t13-,14-/m1/s1. The lowest BCUT2D eigenvalue weighted by Gasteiger charge is -2.19. The van der Waals surface area contributed by atoms with Crippen molar-refractivity contribution in [1.82, 2.24) is 5.32 Å². The SMILES string of the molecule is CC(C)C[C@@H](CC(=O)O)CC(=O)N[C@H](C)c1ccccc1. The smallest absolute Gasteiger partial charge is 0.303 e. The molecule has 0 fully saturated rings. The normalized spacial score (nSPS) is 13.7. The van der Waals surface area contributed by atoms with Crippen LogP contribution in [0.5, 0.6) is 0 Å². The Balaban J connectivity index is 2.55. The maximum Gasteiger partial charge on any atom is 0.303 e. The summed E-state index contributed by atoms with van der Waals surface area (Å²) in [6.45, 7) is 6.01. The molecule has 0 bridgehead atoms. The molecule has 2 atom stereocenters. The second kappa shape index (κ2) is 8.45. The molecular formula is C17H25NO3. The van der Waals surface area contributed by atoms with Crippen LogP contribution in [-0.4, -0.2) is 17.0 Å². The number of hydrogen-bond acceptors (Lipinski definition) is 2. The van der Waals surface area contributed by atoms with E-state index < -0.39 is 5.97 Å². The quantitative estimate of drug-likeness (QED) is 0.771. The van der Waals surface area contributed by atoms with E-state index in [9.17, 15) is 9.59 Å². The molecule has 4 heteroatoms. The number of carboxylic acids is 1. The Morgan fingerprint density at radius 3 is 2.24 bits per heavy atom. The number of carboxylic acid groups (broad SMARTS) is 1. The van der Waals surface area contributed by atoms with E-state index in [1.165, 1.54) is 0 Å². The lowest BCUT2D eigenvalue weighted by molar-refractivity contribution is -0.138. The highest BCUT2D eigenvalue weighted by atomic mass is 16.4. The van der Waals surface area contributed by atoms with Gasteiger partial charge >= 0.3 is 5.97 Å². The summed E-state index contributed by atoms with van der Waals surface area (Å²) in [7, 11) is 0. The number of carbonyl (C=O) groups is 2. The fourth-order valence-corrected chi connectivity index (χ4v) is 2.54. The van der Waals surface area contributed by atoms with Gasteiger partial charge < -0.3 is 10.4 Å². The van der Waals surface area contributed by atoms with Crippen LogP contribution in [-0.2, 0) is 9.59 Å². The van der Waals surface area contributed by atoms with Crippen molar-refractivity contribution in [2.24, 2.45) is 11.8 Å². The van der Waals surface area contributed by atoms with Crippen molar-refractivity contribution >= 4 is 11.9 Å². The molecule has 1 amide bonds. The van der Waals surface area contributed by atoms with Crippen LogP contribution in [0.2, 0.25) is 0 Å². The minimum atomic E-state index is -0.843. The summed E-state index contributed by atoms with van der Waals surface area (Å²) in [6.07, 6.45) is 1.06. The van der Waals surface area contributed by atoms with Gasteiger partial charge in [0.05, 0.1) is 6.04 Å². The van der Waals surface area contributed by atoms with E-state index in [0.29, 0.717) is 5.92 Å². The lowest BCUT2D eigenvalue weighted by atomic mass is 9.91. The van der Waals surface area contributed by atoms with Crippen molar-refractivity contribution in [3.8, 4) is 0 Å². The van der Waals surface area contributed by atoms with Gasteiger partial charge in [0.25, 0.3) is 0 Å². The Morgan fingerprint density at radius 1 is 1.10 bits per heavy atom. The highest BCUT2D eigenvalue weighted by Crippen LogP contribution is 2.20. The van der Waals surface area contributed by atoms with Gasteiger partial charge in [-0.25, -0.2) is 0 Å². The predicted molar refractivity (Wildman–Crippen MR) is 82.8 cm³/mol. The third-order valence-electron chi connectivity index (χ3n) is 3.42. The average molecular weight is 291 g/mol. The molecule has 0 unspecified atom stereocenters. The van der Waals surface area contributed by atoms with Crippen LogP contribution in [0.3, 0.4) is 0 Å². The minimum absolute atomic E-state index is 0.0469. The molecule has 1 aromatic carbocycles. The van der Waals surface area contributed by atoms with Crippen LogP contribution in [0.25, 0.3) is 0 Å². The molecular weight excluding hydrogens is 266 g/mol. The number of benzene rings is 1. The number of rotatable bonds is 8. The number of carbonyl (C=O) groups excluding carboxylic acids is 1. The Morgan fingerprint density at radius 2 is 1.71 bits per heavy atom. The van der Waals surface area contributed by atoms with Crippen LogP contribution < -0.4 is 5.32 Å². The van der Waals surface area contributed by atoms with Gasteiger partial charge in [0, 0.05) is 12.8 Å². The Bertz CT molecular complexity index is 456. The van der Waals surface area contributed by atoms with Gasteiger partial charge in [0.2, 0.25) is 5.91 Å². The third-order valence-corrected chi connectivity index (χ3v) is 3.42. The highest BCUT2D eigenvalue weighted by molar-refractivity contribution is 5.77. The maximum atomic E-state index is 12.1. The molecule has 0 radical (unpaired) electrons. The van der Waals surface area contributed by atoms with Gasteiger partial charge in [-0.1, -0.05) is 44.2 Å². The largest absolute Gasteiger partial charge is 0.481 e. The fourth-order valence-electron chi connectivity index (χ4n) is 2.54. The number of aliphatic carboxylic acids is 1. The van der Waals surface area contributed by atoms with Gasteiger partial charge in [-0.15, -0.1) is 0 Å². The molecule has 116 valence electrons. The number of amides is 1. The Labute approximate surface area is 126 Å². The molecule has 0 saturated carbocycles. The summed E-state index contributed by atoms with van der Waals surface area (Å²) in [4.78, 5) is 23.0. The first-order valence-electron chi connectivity index (χ1n) is 7.44. The van der Waals surface area contributed by atoms with Crippen LogP contribution in [0.15, 0.2) is 30.3 Å². The molecule has 21 heavy (non-hydrogen) atoms. The lowest BCUT2D eigenvalue weighted by Crippen LogP contribution is -2.29. The zero-order valence-corrected chi connectivity index (χ0v) is 13.0. The molecule has 0 aromatic heterocycles. The molecule has 0 aliphatic rings. The fraction of sp³-hybridized carbons (Fsp3) is 0.529. The van der Waals surface area contributed by atoms with Crippen molar-refractivity contribution in [1.29, 1.82) is 0 Å². The molecule has 1 aromatic rings. The first kappa shape index (κ1) is 17.2. The van der Waals surface area contributed by atoms with E-state index in [1.807, 2.05) is 51.1 Å². The summed E-state index contributed by atoms with van der Waals surface area (Å²) in [5.41, 5.74) is 1.05. The van der Waals surface area contributed by atoms with Crippen LogP contribution in [0.4, 0.5) is 0 Å². The Hall–Kier alpha value is -1.84. The molecule has 0 aliphatic heterocycles. The van der Waals surface area contributed by atoms with Gasteiger partial charge in [0.1, 0.15) is 0 Å². The van der Waals surface area contributed by atoms with E-state index in [1.54, 1.807) is 0 Å². The maximum absolute atomic E-state index is 12.1. The average Bonchev–Trinajstić information content (AvgIpc) is 2.37. The van der Waals surface area contributed by atoms with Crippen molar-refractivity contribution in [3.63, 3.8) is 0 Å². The summed E-state index contributed by atoms with van der Waals surface area (Å²) in [5, 5.41) is 11.9. The highest BCUT2D eigenvalue weighted by Gasteiger charge is 2.19. The van der Waals surface area contributed by atoms with Gasteiger partial charge in [-0.2, -0.15) is 0 Å². The van der Waals surface area contributed by atoms with E-state index in [4.69, 9.17) is 5.11 Å². The Kier molecular flexibility index (Phi) is 6.92. The van der Waals surface area contributed by atoms with Crippen molar-refractivity contribution in [2.75, 3.05) is 0 Å². The van der Waals surface area contributed by atoms with Crippen molar-refractivity contribution in [2.45, 2.75) is 46.1 Å². The molecule has 0 saturated heterocycles. The van der Waals surface area contributed by atoms with E-state index in [0.717, 1.165) is 12.0 Å². The minimum Gasteiger partial charge on any atom is -0.481 e. The predicted octanol–water partition coefficient (Wildman–Crippen LogP) is 3.39. The van der Waals surface area contributed by atoms with Crippen molar-refractivity contribution in [3.05, 3.63) is 35.9 Å². The molecule has 1 rings (SSSR count). The van der Waals surface area contributed by atoms with E-state index in [-0.39, 0.29) is 30.7 Å². The summed E-state index contributed by atoms with van der Waals surface area (Å²) < 4.78 is 0. The number of nitrogens with one attached hydrogen (secondary N) is 1. The topological polar surface area (TPSA) is 66.4 Å². The third kappa shape index (κ3) is 6.93. The molecule has 0 heterocycles. The molecule has 4 nitrogen and oxygen atoms in total. The molecule has 0 aliphatic carbocycles. The second-order valence-corrected chi connectivity index (χ2v) is 6.00. The summed E-state index contributed by atoms with van der Waals surface area (Å²) >= 11 is 0. The number of hydrogen-bond donors (Lipinski definition) is 2. The molecule has 2 N–H and O–H groups in total. The summed E-state index contributed by atoms with van der Waals surface area (Å²) in [6, 6.07) is 9.67. The monoisotopic (exact) mass is 291 g/mol. The van der Waals surface area contributed by atoms with Crippen LogP contribution in [0, 0.1) is 11.8 Å². The second-order valence-electron chi connectivity index (χ2n) is 6.00. The molecule has 0 spiro atoms. The zero-order valence-electron chi connectivity index (χ0n) is 13.0. The first-order chi connectivity index (χ1) is 9.88. The van der Waals surface area contributed by atoms with Crippen molar-refractivity contribution < 1.29 is 14.7 Å². The first-order valence-corrected chi connectivity index (χ1v) is 7.44. The van der Waals surface area contributed by atoms with Gasteiger partial charge in [-0.05, 0) is 30.7 Å². The van der Waals surface area contributed by atoms with E-state index >= 15 is 0 Å².